The Kier molecular flexibility index (Phi) is 4.84. The summed E-state index contributed by atoms with van der Waals surface area (Å²) < 4.78 is 11.6. The first-order valence-electron chi connectivity index (χ1n) is 9.72. The fourth-order valence-electron chi connectivity index (χ4n) is 4.22. The number of hydrogen-bond acceptors (Lipinski definition) is 6. The maximum atomic E-state index is 12.9. The Balaban J connectivity index is 1.48. The molecule has 1 atom stereocenters. The molecule has 3 fully saturated rings. The first-order chi connectivity index (χ1) is 12.5. The molecule has 26 heavy (non-hydrogen) atoms. The molecular formula is C19H28N4O3. The van der Waals surface area contributed by atoms with Gasteiger partial charge in [0.05, 0.1) is 13.2 Å². The number of aryl methyl sites for hydroxylation is 1. The molecule has 3 aliphatic rings. The molecule has 0 saturated carbocycles. The van der Waals surface area contributed by atoms with Crippen LogP contribution < -0.4 is 4.90 Å². The normalized spacial score (nSPS) is 25.7. The van der Waals surface area contributed by atoms with Crippen molar-refractivity contribution in [3.8, 4) is 0 Å². The number of hydrogen-bond donors (Lipinski definition) is 0. The van der Waals surface area contributed by atoms with Crippen molar-refractivity contribution in [1.29, 1.82) is 0 Å². The van der Waals surface area contributed by atoms with Gasteiger partial charge in [0.25, 0.3) is 5.91 Å². The minimum Gasteiger partial charge on any atom is -0.356 e. The maximum Gasteiger partial charge on any atom is 0.272 e. The van der Waals surface area contributed by atoms with Gasteiger partial charge in [0, 0.05) is 45.1 Å². The summed E-state index contributed by atoms with van der Waals surface area (Å²) >= 11 is 0. The highest BCUT2D eigenvalue weighted by Crippen LogP contribution is 2.33. The number of carbonyl (C=O) groups is 1. The molecular weight excluding hydrogens is 332 g/mol. The molecule has 0 N–H and O–H groups in total. The van der Waals surface area contributed by atoms with Gasteiger partial charge >= 0.3 is 0 Å². The number of rotatable bonds is 2. The highest BCUT2D eigenvalue weighted by atomic mass is 16.7. The van der Waals surface area contributed by atoms with E-state index in [2.05, 4.69) is 21.8 Å². The van der Waals surface area contributed by atoms with E-state index < -0.39 is 5.79 Å². The molecule has 3 saturated heterocycles. The molecule has 7 nitrogen and oxygen atoms in total. The Hall–Kier alpha value is -1.73. The van der Waals surface area contributed by atoms with Crippen LogP contribution in [0.5, 0.6) is 0 Å². The lowest BCUT2D eigenvalue weighted by Crippen LogP contribution is -2.45. The Morgan fingerprint density at radius 3 is 2.62 bits per heavy atom. The Morgan fingerprint density at radius 1 is 1.19 bits per heavy atom. The van der Waals surface area contributed by atoms with Crippen LogP contribution in [0.25, 0.3) is 0 Å². The van der Waals surface area contributed by atoms with Crippen LogP contribution >= 0.6 is 0 Å². The number of piperidine rings is 2. The van der Waals surface area contributed by atoms with E-state index in [9.17, 15) is 4.79 Å². The zero-order chi connectivity index (χ0) is 18.1. The fourth-order valence-corrected chi connectivity index (χ4v) is 4.22. The third-order valence-corrected chi connectivity index (χ3v) is 5.65. The van der Waals surface area contributed by atoms with E-state index in [-0.39, 0.29) is 5.91 Å². The van der Waals surface area contributed by atoms with Gasteiger partial charge in [-0.1, -0.05) is 6.92 Å². The average molecular weight is 360 g/mol. The van der Waals surface area contributed by atoms with Crippen LogP contribution in [0.4, 0.5) is 5.82 Å². The second-order valence-corrected chi connectivity index (χ2v) is 7.75. The largest absolute Gasteiger partial charge is 0.356 e. The van der Waals surface area contributed by atoms with Crippen molar-refractivity contribution in [2.75, 3.05) is 44.3 Å². The zero-order valence-electron chi connectivity index (χ0n) is 15.7. The first kappa shape index (κ1) is 17.7. The number of ether oxygens (including phenoxy) is 2. The van der Waals surface area contributed by atoms with Crippen LogP contribution in [0, 0.1) is 12.8 Å². The standard InChI is InChI=1S/C19H28N4O3/c1-14-4-3-7-23(13-14)18(24)16-12-17(21-15(2)20-16)22-8-5-19(6-9-22)25-10-11-26-19/h12,14H,3-11,13H2,1-2H3. The van der Waals surface area contributed by atoms with Crippen LogP contribution in [0.3, 0.4) is 0 Å². The number of nitrogens with zero attached hydrogens (tertiary/aromatic N) is 4. The Labute approximate surface area is 154 Å². The lowest BCUT2D eigenvalue weighted by Gasteiger charge is -2.38. The average Bonchev–Trinajstić information content (AvgIpc) is 3.09. The van der Waals surface area contributed by atoms with Crippen LogP contribution in [-0.4, -0.2) is 66.0 Å². The molecule has 1 amide bonds. The van der Waals surface area contributed by atoms with Crippen molar-refractivity contribution in [1.82, 2.24) is 14.9 Å². The van der Waals surface area contributed by atoms with E-state index in [4.69, 9.17) is 9.47 Å². The monoisotopic (exact) mass is 360 g/mol. The summed E-state index contributed by atoms with van der Waals surface area (Å²) in [6, 6.07) is 1.85. The minimum absolute atomic E-state index is 0.0271. The van der Waals surface area contributed by atoms with Gasteiger partial charge in [-0.3, -0.25) is 4.79 Å². The number of carbonyl (C=O) groups excluding carboxylic acids is 1. The third kappa shape index (κ3) is 3.55. The quantitative estimate of drug-likeness (QED) is 0.804. The fraction of sp³-hybridized carbons (Fsp3) is 0.737. The molecule has 0 bridgehead atoms. The van der Waals surface area contributed by atoms with Gasteiger partial charge in [0.1, 0.15) is 17.3 Å². The molecule has 1 aromatic rings. The summed E-state index contributed by atoms with van der Waals surface area (Å²) in [5.41, 5.74) is 0.509. The highest BCUT2D eigenvalue weighted by Gasteiger charge is 2.40. The van der Waals surface area contributed by atoms with Crippen LogP contribution in [0.1, 0.15) is 48.9 Å². The SMILES string of the molecule is Cc1nc(C(=O)N2CCCC(C)C2)cc(N2CCC3(CC2)OCCO3)n1. The van der Waals surface area contributed by atoms with E-state index in [1.54, 1.807) is 0 Å². The molecule has 4 rings (SSSR count). The van der Waals surface area contributed by atoms with Crippen molar-refractivity contribution in [2.24, 2.45) is 5.92 Å². The van der Waals surface area contributed by atoms with Crippen molar-refractivity contribution >= 4 is 11.7 Å². The van der Waals surface area contributed by atoms with Gasteiger partial charge in [0.2, 0.25) is 0 Å². The minimum atomic E-state index is -0.402. The van der Waals surface area contributed by atoms with Gasteiger partial charge in [-0.05, 0) is 25.7 Å². The molecule has 1 aromatic heterocycles. The summed E-state index contributed by atoms with van der Waals surface area (Å²) in [5, 5.41) is 0. The summed E-state index contributed by atoms with van der Waals surface area (Å²) in [6.07, 6.45) is 3.90. The second kappa shape index (κ2) is 7.12. The molecule has 1 spiro atoms. The second-order valence-electron chi connectivity index (χ2n) is 7.75. The number of anilines is 1. The van der Waals surface area contributed by atoms with Crippen molar-refractivity contribution < 1.29 is 14.3 Å². The number of amides is 1. The van der Waals surface area contributed by atoms with Crippen molar-refractivity contribution in [3.63, 3.8) is 0 Å². The van der Waals surface area contributed by atoms with E-state index >= 15 is 0 Å². The van der Waals surface area contributed by atoms with Crippen molar-refractivity contribution in [2.45, 2.75) is 45.3 Å². The summed E-state index contributed by atoms with van der Waals surface area (Å²) in [7, 11) is 0. The Bertz CT molecular complexity index is 665. The van der Waals surface area contributed by atoms with Gasteiger partial charge < -0.3 is 19.3 Å². The van der Waals surface area contributed by atoms with Crippen molar-refractivity contribution in [3.05, 3.63) is 17.6 Å². The lowest BCUT2D eigenvalue weighted by molar-refractivity contribution is -0.169. The third-order valence-electron chi connectivity index (χ3n) is 5.65. The zero-order valence-corrected chi connectivity index (χ0v) is 15.7. The maximum absolute atomic E-state index is 12.9. The molecule has 7 heteroatoms. The van der Waals surface area contributed by atoms with Crippen LogP contribution in [0.15, 0.2) is 6.07 Å². The predicted octanol–water partition coefficient (Wildman–Crippen LogP) is 2.00. The van der Waals surface area contributed by atoms with E-state index in [1.165, 1.54) is 6.42 Å². The molecule has 4 heterocycles. The van der Waals surface area contributed by atoms with E-state index in [0.29, 0.717) is 30.7 Å². The first-order valence-corrected chi connectivity index (χ1v) is 9.72. The van der Waals surface area contributed by atoms with Gasteiger partial charge in [0.15, 0.2) is 5.79 Å². The van der Waals surface area contributed by atoms with E-state index in [0.717, 1.165) is 51.3 Å². The van der Waals surface area contributed by atoms with Gasteiger partial charge in [-0.25, -0.2) is 9.97 Å². The molecule has 142 valence electrons. The molecule has 1 unspecified atom stereocenters. The van der Waals surface area contributed by atoms with Gasteiger partial charge in [-0.2, -0.15) is 0 Å². The lowest BCUT2D eigenvalue weighted by atomic mass is 10.00. The molecule has 3 aliphatic heterocycles. The molecule has 0 aromatic carbocycles. The molecule has 0 radical (unpaired) electrons. The van der Waals surface area contributed by atoms with Crippen LogP contribution in [0.2, 0.25) is 0 Å². The summed E-state index contributed by atoms with van der Waals surface area (Å²) in [5.74, 6) is 1.66. The summed E-state index contributed by atoms with van der Waals surface area (Å²) in [6.45, 7) is 8.68. The molecule has 0 aliphatic carbocycles. The van der Waals surface area contributed by atoms with Gasteiger partial charge in [-0.15, -0.1) is 0 Å². The highest BCUT2D eigenvalue weighted by molar-refractivity contribution is 5.93. The van der Waals surface area contributed by atoms with E-state index in [1.807, 2.05) is 17.9 Å². The smallest absolute Gasteiger partial charge is 0.272 e. The summed E-state index contributed by atoms with van der Waals surface area (Å²) in [4.78, 5) is 26.1. The predicted molar refractivity (Wildman–Crippen MR) is 97.2 cm³/mol. The topological polar surface area (TPSA) is 67.8 Å². The Morgan fingerprint density at radius 2 is 1.92 bits per heavy atom. The van der Waals surface area contributed by atoms with Crippen LogP contribution in [-0.2, 0) is 9.47 Å². The number of likely N-dealkylation sites (tertiary alicyclic amines) is 1. The number of aromatic nitrogens is 2.